The van der Waals surface area contributed by atoms with Gasteiger partial charge in [-0.05, 0) is 85.9 Å². The maximum Gasteiger partial charge on any atom is 0.339 e. The van der Waals surface area contributed by atoms with E-state index in [-0.39, 0.29) is 12.4 Å². The number of pyridine rings is 1. The summed E-state index contributed by atoms with van der Waals surface area (Å²) >= 11 is 0. The molecule has 2 aromatic carbocycles. The number of para-hydroxylation sites is 1. The number of furan rings is 1. The molecule has 1 aliphatic rings. The number of allylic oxidation sites excluding steroid dienone is 1. The van der Waals surface area contributed by atoms with Gasteiger partial charge in [0.05, 0.1) is 36.7 Å². The summed E-state index contributed by atoms with van der Waals surface area (Å²) in [4.78, 5) is 31.8. The highest BCUT2D eigenvalue weighted by atomic mass is 16.5. The van der Waals surface area contributed by atoms with Crippen molar-refractivity contribution in [2.45, 2.75) is 33.2 Å². The van der Waals surface area contributed by atoms with Crippen molar-refractivity contribution in [3.05, 3.63) is 118 Å². The molecule has 7 heteroatoms. The van der Waals surface area contributed by atoms with Gasteiger partial charge in [-0.3, -0.25) is 4.79 Å². The van der Waals surface area contributed by atoms with Gasteiger partial charge in [-0.25, -0.2) is 9.78 Å². The van der Waals surface area contributed by atoms with Crippen molar-refractivity contribution >= 4 is 34.3 Å². The number of benzene rings is 2. The molecule has 206 valence electrons. The van der Waals surface area contributed by atoms with E-state index in [0.717, 1.165) is 57.1 Å². The molecule has 5 aromatic rings. The van der Waals surface area contributed by atoms with Crippen LogP contribution < -0.4 is 4.74 Å². The predicted octanol–water partition coefficient (Wildman–Crippen LogP) is 6.83. The van der Waals surface area contributed by atoms with Gasteiger partial charge in [0, 0.05) is 22.3 Å². The maximum atomic E-state index is 13.6. The van der Waals surface area contributed by atoms with Crippen molar-refractivity contribution in [3.8, 4) is 5.75 Å². The Morgan fingerprint density at radius 3 is 2.59 bits per heavy atom. The minimum absolute atomic E-state index is 0.243. The smallest absolute Gasteiger partial charge is 0.339 e. The summed E-state index contributed by atoms with van der Waals surface area (Å²) in [7, 11) is 1.64. The molecule has 0 saturated carbocycles. The lowest BCUT2D eigenvalue weighted by atomic mass is 10.0. The topological polar surface area (TPSA) is 83.6 Å². The van der Waals surface area contributed by atoms with Crippen molar-refractivity contribution < 1.29 is 23.5 Å². The average molecular weight is 547 g/mol. The first kappa shape index (κ1) is 26.3. The van der Waals surface area contributed by atoms with Crippen LogP contribution in [0.3, 0.4) is 0 Å². The van der Waals surface area contributed by atoms with Crippen LogP contribution in [0.4, 0.5) is 0 Å². The molecule has 0 N–H and O–H groups in total. The van der Waals surface area contributed by atoms with Crippen LogP contribution in [0.1, 0.15) is 61.1 Å². The van der Waals surface area contributed by atoms with Gasteiger partial charge in [-0.1, -0.05) is 30.3 Å². The van der Waals surface area contributed by atoms with Crippen LogP contribution >= 0.6 is 0 Å². The van der Waals surface area contributed by atoms with E-state index in [0.29, 0.717) is 29.6 Å². The number of esters is 1. The van der Waals surface area contributed by atoms with E-state index in [1.165, 1.54) is 0 Å². The number of nitrogens with zero attached hydrogens (tertiary/aromatic N) is 2. The molecule has 0 saturated heterocycles. The first-order valence-corrected chi connectivity index (χ1v) is 13.6. The van der Waals surface area contributed by atoms with Crippen molar-refractivity contribution in [2.75, 3.05) is 13.7 Å². The highest BCUT2D eigenvalue weighted by molar-refractivity contribution is 6.08. The van der Waals surface area contributed by atoms with Gasteiger partial charge < -0.3 is 18.5 Å². The fraction of sp³-hybridized carbons (Fsp3) is 0.206. The third-order valence-electron chi connectivity index (χ3n) is 7.71. The Balaban J connectivity index is 1.27. The molecule has 7 nitrogen and oxygen atoms in total. The molecular weight excluding hydrogens is 516 g/mol. The standard InChI is InChI=1S/C34H30N2O5/c1-21-17-29(22(2)36(21)19-26-7-6-16-40-26)31(37)20-41-34(38)32-27-8-4-5-9-30(27)35-33-24(12-15-28(32)33)18-23-10-13-25(39-3)14-11-23/h4-11,13-14,16-18H,12,15,19-20H2,1-3H3. The van der Waals surface area contributed by atoms with E-state index in [1.54, 1.807) is 13.4 Å². The zero-order valence-electron chi connectivity index (χ0n) is 23.3. The minimum atomic E-state index is -0.511. The zero-order valence-corrected chi connectivity index (χ0v) is 23.3. The van der Waals surface area contributed by atoms with Crippen LogP contribution in [0.5, 0.6) is 5.75 Å². The second kappa shape index (κ2) is 10.9. The summed E-state index contributed by atoms with van der Waals surface area (Å²) in [6, 6.07) is 21.0. The Kier molecular flexibility index (Phi) is 7.01. The summed E-state index contributed by atoms with van der Waals surface area (Å²) in [5.41, 5.74) is 7.24. The number of aryl methyl sites for hydroxylation is 1. The molecule has 3 aromatic heterocycles. The van der Waals surface area contributed by atoms with Gasteiger partial charge in [0.2, 0.25) is 5.78 Å². The molecule has 41 heavy (non-hydrogen) atoms. The Morgan fingerprint density at radius 1 is 1.02 bits per heavy atom. The van der Waals surface area contributed by atoms with Crippen molar-refractivity contribution in [2.24, 2.45) is 0 Å². The van der Waals surface area contributed by atoms with E-state index < -0.39 is 5.97 Å². The first-order valence-electron chi connectivity index (χ1n) is 13.6. The number of Topliss-reactive ketones (excluding diaryl/α,β-unsaturated/α-hetero) is 1. The third kappa shape index (κ3) is 5.07. The largest absolute Gasteiger partial charge is 0.497 e. The maximum absolute atomic E-state index is 13.6. The number of fused-ring (bicyclic) bond motifs is 2. The van der Waals surface area contributed by atoms with Gasteiger partial charge in [0.1, 0.15) is 11.5 Å². The quantitative estimate of drug-likeness (QED) is 0.157. The van der Waals surface area contributed by atoms with E-state index in [2.05, 4.69) is 6.08 Å². The fourth-order valence-corrected chi connectivity index (χ4v) is 5.58. The minimum Gasteiger partial charge on any atom is -0.497 e. The molecule has 0 amide bonds. The lowest BCUT2D eigenvalue weighted by Gasteiger charge is -2.12. The normalized spacial score (nSPS) is 13.5. The highest BCUT2D eigenvalue weighted by Crippen LogP contribution is 2.38. The summed E-state index contributed by atoms with van der Waals surface area (Å²) in [5.74, 6) is 0.841. The number of hydrogen-bond acceptors (Lipinski definition) is 6. The second-order valence-corrected chi connectivity index (χ2v) is 10.2. The summed E-state index contributed by atoms with van der Waals surface area (Å²) in [6.45, 7) is 4.02. The molecule has 0 radical (unpaired) electrons. The van der Waals surface area contributed by atoms with Crippen LogP contribution in [0, 0.1) is 13.8 Å². The predicted molar refractivity (Wildman–Crippen MR) is 157 cm³/mol. The number of ether oxygens (including phenoxy) is 2. The van der Waals surface area contributed by atoms with Crippen molar-refractivity contribution in [1.29, 1.82) is 0 Å². The fourth-order valence-electron chi connectivity index (χ4n) is 5.58. The van der Waals surface area contributed by atoms with Gasteiger partial charge in [-0.15, -0.1) is 0 Å². The molecular formula is C34H30N2O5. The lowest BCUT2D eigenvalue weighted by Crippen LogP contribution is -2.17. The number of hydrogen-bond donors (Lipinski definition) is 0. The number of rotatable bonds is 8. The summed E-state index contributed by atoms with van der Waals surface area (Å²) < 4.78 is 18.5. The lowest BCUT2D eigenvalue weighted by molar-refractivity contribution is 0.0475. The molecule has 0 unspecified atom stereocenters. The van der Waals surface area contributed by atoms with Gasteiger partial charge in [0.15, 0.2) is 6.61 Å². The van der Waals surface area contributed by atoms with Crippen molar-refractivity contribution in [3.63, 3.8) is 0 Å². The molecule has 0 aliphatic heterocycles. The molecule has 1 aliphatic carbocycles. The van der Waals surface area contributed by atoms with E-state index in [4.69, 9.17) is 18.9 Å². The Labute approximate surface area is 238 Å². The average Bonchev–Trinajstić information content (AvgIpc) is 3.72. The van der Waals surface area contributed by atoms with Crippen LogP contribution in [-0.4, -0.2) is 35.0 Å². The number of carbonyl (C=O) groups excluding carboxylic acids is 2. The Morgan fingerprint density at radius 2 is 1.83 bits per heavy atom. The highest BCUT2D eigenvalue weighted by Gasteiger charge is 2.28. The molecule has 6 rings (SSSR count). The Bertz CT molecular complexity index is 1790. The van der Waals surface area contributed by atoms with Gasteiger partial charge in [0.25, 0.3) is 0 Å². The summed E-state index contributed by atoms with van der Waals surface area (Å²) in [6.07, 6.45) is 5.16. The van der Waals surface area contributed by atoms with Crippen LogP contribution in [0.15, 0.2) is 77.4 Å². The van der Waals surface area contributed by atoms with Gasteiger partial charge in [-0.2, -0.15) is 0 Å². The first-order chi connectivity index (χ1) is 19.9. The number of ketones is 1. The second-order valence-electron chi connectivity index (χ2n) is 10.2. The summed E-state index contributed by atoms with van der Waals surface area (Å²) in [5, 5.41) is 0.728. The molecule has 0 fully saturated rings. The third-order valence-corrected chi connectivity index (χ3v) is 7.71. The molecule has 0 atom stereocenters. The van der Waals surface area contributed by atoms with Crippen LogP contribution in [-0.2, 0) is 17.7 Å². The van der Waals surface area contributed by atoms with Crippen molar-refractivity contribution in [1.82, 2.24) is 9.55 Å². The van der Waals surface area contributed by atoms with E-state index >= 15 is 0 Å². The number of carbonyl (C=O) groups is 2. The molecule has 0 spiro atoms. The SMILES string of the molecule is COc1ccc(C=C2CCc3c2nc2ccccc2c3C(=O)OCC(=O)c2cc(C)n(Cc3ccco3)c2C)cc1. The number of methoxy groups -OCH3 is 1. The zero-order chi connectivity index (χ0) is 28.5. The van der Waals surface area contributed by atoms with Crippen LogP contribution in [0.25, 0.3) is 22.6 Å². The van der Waals surface area contributed by atoms with E-state index in [9.17, 15) is 9.59 Å². The monoisotopic (exact) mass is 546 g/mol. The molecule has 0 bridgehead atoms. The molecule has 3 heterocycles. The Hall–Kier alpha value is -4.91. The van der Waals surface area contributed by atoms with Crippen LogP contribution in [0.2, 0.25) is 0 Å². The van der Waals surface area contributed by atoms with E-state index in [1.807, 2.05) is 85.1 Å². The van der Waals surface area contributed by atoms with Gasteiger partial charge >= 0.3 is 5.97 Å². The number of aromatic nitrogens is 2.